The van der Waals surface area contributed by atoms with E-state index in [2.05, 4.69) is 48.4 Å². The Labute approximate surface area is 156 Å². The molecule has 0 aliphatic rings. The molecule has 1 aromatic heterocycles. The number of nitrogens with zero attached hydrogens (tertiary/aromatic N) is 1. The maximum Gasteiger partial charge on any atom is 0.258 e. The number of carbonyl (C=O) groups is 1. The molecule has 0 aliphatic carbocycles. The fourth-order valence-electron chi connectivity index (χ4n) is 2.47. The fraction of sp³-hybridized carbons (Fsp3) is 0.200. The molecule has 1 amide bonds. The number of hydrogen-bond donors (Lipinski definition) is 1. The van der Waals surface area contributed by atoms with E-state index in [1.165, 1.54) is 16.9 Å². The Morgan fingerprint density at radius 2 is 1.88 bits per heavy atom. The molecule has 0 unspecified atom stereocenters. The first-order valence-corrected chi connectivity index (χ1v) is 10.2. The van der Waals surface area contributed by atoms with E-state index in [4.69, 9.17) is 0 Å². The predicted molar refractivity (Wildman–Crippen MR) is 108 cm³/mol. The average molecular weight is 369 g/mol. The molecule has 1 N–H and O–H groups in total. The van der Waals surface area contributed by atoms with Crippen LogP contribution in [0.2, 0.25) is 0 Å². The zero-order chi connectivity index (χ0) is 17.6. The van der Waals surface area contributed by atoms with E-state index in [0.717, 1.165) is 28.3 Å². The van der Waals surface area contributed by atoms with Gasteiger partial charge in [-0.3, -0.25) is 10.1 Å². The van der Waals surface area contributed by atoms with Gasteiger partial charge in [0.05, 0.1) is 11.3 Å². The molecule has 0 atom stereocenters. The SMILES string of the molecule is CCSc1ccccc1C(=O)Nc1nc(-c2ccc(CC)cc2)cs1. The largest absolute Gasteiger partial charge is 0.298 e. The maximum atomic E-state index is 12.6. The van der Waals surface area contributed by atoms with Crippen LogP contribution in [-0.4, -0.2) is 16.6 Å². The fourth-order valence-corrected chi connectivity index (χ4v) is 3.99. The van der Waals surface area contributed by atoms with Gasteiger partial charge in [-0.2, -0.15) is 0 Å². The highest BCUT2D eigenvalue weighted by molar-refractivity contribution is 7.99. The summed E-state index contributed by atoms with van der Waals surface area (Å²) in [5.74, 6) is 0.818. The van der Waals surface area contributed by atoms with E-state index >= 15 is 0 Å². The lowest BCUT2D eigenvalue weighted by atomic mass is 10.1. The van der Waals surface area contributed by atoms with E-state index in [1.807, 2.05) is 29.6 Å². The molecule has 0 aliphatic heterocycles. The molecular formula is C20H20N2OS2. The average Bonchev–Trinajstić information content (AvgIpc) is 3.11. The van der Waals surface area contributed by atoms with E-state index in [1.54, 1.807) is 11.8 Å². The van der Waals surface area contributed by atoms with Crippen molar-refractivity contribution < 1.29 is 4.79 Å². The Bertz CT molecular complexity index is 856. The molecule has 25 heavy (non-hydrogen) atoms. The van der Waals surface area contributed by atoms with Crippen molar-refractivity contribution in [3.05, 3.63) is 65.0 Å². The van der Waals surface area contributed by atoms with E-state index in [0.29, 0.717) is 10.7 Å². The third kappa shape index (κ3) is 4.30. The van der Waals surface area contributed by atoms with Gasteiger partial charge in [0.1, 0.15) is 0 Å². The minimum Gasteiger partial charge on any atom is -0.298 e. The van der Waals surface area contributed by atoms with E-state index in [-0.39, 0.29) is 5.91 Å². The molecule has 2 aromatic carbocycles. The number of benzene rings is 2. The van der Waals surface area contributed by atoms with Gasteiger partial charge in [-0.25, -0.2) is 4.98 Å². The molecule has 3 rings (SSSR count). The molecule has 128 valence electrons. The normalized spacial score (nSPS) is 10.6. The maximum absolute atomic E-state index is 12.6. The van der Waals surface area contributed by atoms with Crippen LogP contribution in [0.25, 0.3) is 11.3 Å². The van der Waals surface area contributed by atoms with Crippen molar-refractivity contribution in [2.45, 2.75) is 25.2 Å². The van der Waals surface area contributed by atoms with Gasteiger partial charge in [-0.15, -0.1) is 23.1 Å². The molecule has 0 radical (unpaired) electrons. The summed E-state index contributed by atoms with van der Waals surface area (Å²) in [6, 6.07) is 16.1. The number of thioether (sulfide) groups is 1. The summed E-state index contributed by atoms with van der Waals surface area (Å²) in [6.45, 7) is 4.22. The summed E-state index contributed by atoms with van der Waals surface area (Å²) >= 11 is 3.12. The van der Waals surface area contributed by atoms with Crippen LogP contribution < -0.4 is 5.32 Å². The smallest absolute Gasteiger partial charge is 0.258 e. The van der Waals surface area contributed by atoms with Crippen LogP contribution in [0.4, 0.5) is 5.13 Å². The van der Waals surface area contributed by atoms with Crippen LogP contribution in [0.1, 0.15) is 29.8 Å². The zero-order valence-corrected chi connectivity index (χ0v) is 15.9. The Morgan fingerprint density at radius 1 is 1.12 bits per heavy atom. The predicted octanol–water partition coefficient (Wildman–Crippen LogP) is 5.74. The highest BCUT2D eigenvalue weighted by Gasteiger charge is 2.13. The quantitative estimate of drug-likeness (QED) is 0.564. The van der Waals surface area contributed by atoms with Crippen molar-refractivity contribution in [1.82, 2.24) is 4.98 Å². The summed E-state index contributed by atoms with van der Waals surface area (Å²) in [6.07, 6.45) is 1.02. The standard InChI is InChI=1S/C20H20N2OS2/c1-3-14-9-11-15(12-10-14)17-13-25-20(21-17)22-19(23)16-7-5-6-8-18(16)24-4-2/h5-13H,3-4H2,1-2H3,(H,21,22,23). The van der Waals surface area contributed by atoms with E-state index in [9.17, 15) is 4.79 Å². The lowest BCUT2D eigenvalue weighted by Gasteiger charge is -2.07. The number of rotatable bonds is 6. The second-order valence-corrected chi connectivity index (χ2v) is 7.64. The summed E-state index contributed by atoms with van der Waals surface area (Å²) in [4.78, 5) is 18.1. The van der Waals surface area contributed by atoms with Crippen LogP contribution in [-0.2, 0) is 6.42 Å². The van der Waals surface area contributed by atoms with Gasteiger partial charge < -0.3 is 0 Å². The molecule has 3 nitrogen and oxygen atoms in total. The topological polar surface area (TPSA) is 42.0 Å². The van der Waals surface area contributed by atoms with Crippen LogP contribution in [0.5, 0.6) is 0 Å². The number of hydrogen-bond acceptors (Lipinski definition) is 4. The Balaban J connectivity index is 1.76. The molecule has 0 fully saturated rings. The summed E-state index contributed by atoms with van der Waals surface area (Å²) < 4.78 is 0. The van der Waals surface area contributed by atoms with Crippen LogP contribution >= 0.6 is 23.1 Å². The number of anilines is 1. The number of nitrogens with one attached hydrogen (secondary N) is 1. The van der Waals surface area contributed by atoms with Gasteiger partial charge in [0.25, 0.3) is 5.91 Å². The number of thiazole rings is 1. The van der Waals surface area contributed by atoms with Crippen molar-refractivity contribution in [2.24, 2.45) is 0 Å². The first-order valence-electron chi connectivity index (χ1n) is 8.29. The van der Waals surface area contributed by atoms with Crippen LogP contribution in [0, 0.1) is 0 Å². The Morgan fingerprint density at radius 3 is 2.60 bits per heavy atom. The third-order valence-corrected chi connectivity index (χ3v) is 5.53. The van der Waals surface area contributed by atoms with Gasteiger partial charge in [-0.05, 0) is 29.9 Å². The Hall–Kier alpha value is -2.11. The van der Waals surface area contributed by atoms with E-state index < -0.39 is 0 Å². The molecule has 1 heterocycles. The second kappa shape index (κ2) is 8.32. The van der Waals surface area contributed by atoms with Crippen molar-refractivity contribution in [1.29, 1.82) is 0 Å². The monoisotopic (exact) mass is 368 g/mol. The molecule has 0 saturated carbocycles. The highest BCUT2D eigenvalue weighted by Crippen LogP contribution is 2.27. The zero-order valence-electron chi connectivity index (χ0n) is 14.3. The molecule has 0 saturated heterocycles. The molecular weight excluding hydrogens is 348 g/mol. The molecule has 0 spiro atoms. The summed E-state index contributed by atoms with van der Waals surface area (Å²) in [7, 11) is 0. The van der Waals surface area contributed by atoms with Gasteiger partial charge in [0.2, 0.25) is 0 Å². The van der Waals surface area contributed by atoms with Gasteiger partial charge in [0, 0.05) is 15.8 Å². The van der Waals surface area contributed by atoms with Crippen molar-refractivity contribution in [3.8, 4) is 11.3 Å². The van der Waals surface area contributed by atoms with Crippen molar-refractivity contribution in [2.75, 3.05) is 11.1 Å². The second-order valence-electron chi connectivity index (χ2n) is 5.47. The first kappa shape index (κ1) is 17.7. The first-order chi connectivity index (χ1) is 12.2. The van der Waals surface area contributed by atoms with Crippen molar-refractivity contribution >= 4 is 34.1 Å². The van der Waals surface area contributed by atoms with Gasteiger partial charge in [0.15, 0.2) is 5.13 Å². The minimum atomic E-state index is -0.112. The number of aryl methyl sites for hydroxylation is 1. The van der Waals surface area contributed by atoms with Gasteiger partial charge >= 0.3 is 0 Å². The lowest BCUT2D eigenvalue weighted by molar-refractivity contribution is 0.102. The minimum absolute atomic E-state index is 0.112. The Kier molecular flexibility index (Phi) is 5.89. The van der Waals surface area contributed by atoms with Crippen LogP contribution in [0.3, 0.4) is 0 Å². The number of aromatic nitrogens is 1. The highest BCUT2D eigenvalue weighted by atomic mass is 32.2. The lowest BCUT2D eigenvalue weighted by Crippen LogP contribution is -2.12. The molecule has 0 bridgehead atoms. The number of amides is 1. The summed E-state index contributed by atoms with van der Waals surface area (Å²) in [5.41, 5.74) is 3.95. The molecule has 3 aromatic rings. The van der Waals surface area contributed by atoms with Crippen LogP contribution in [0.15, 0.2) is 58.8 Å². The summed E-state index contributed by atoms with van der Waals surface area (Å²) in [5, 5.41) is 5.52. The van der Waals surface area contributed by atoms with Crippen molar-refractivity contribution in [3.63, 3.8) is 0 Å². The molecule has 5 heteroatoms. The third-order valence-electron chi connectivity index (χ3n) is 3.81. The number of carbonyl (C=O) groups excluding carboxylic acids is 1. The van der Waals surface area contributed by atoms with Gasteiger partial charge in [-0.1, -0.05) is 50.2 Å².